The minimum absolute atomic E-state index is 0.0560. The highest BCUT2D eigenvalue weighted by molar-refractivity contribution is 7.13. The highest BCUT2D eigenvalue weighted by Gasteiger charge is 2.19. The number of anilines is 1. The van der Waals surface area contributed by atoms with Crippen LogP contribution in [0.15, 0.2) is 41.9 Å². The van der Waals surface area contributed by atoms with Gasteiger partial charge in [-0.2, -0.15) is 0 Å². The van der Waals surface area contributed by atoms with Gasteiger partial charge in [0.2, 0.25) is 5.91 Å². The van der Waals surface area contributed by atoms with Gasteiger partial charge in [-0.25, -0.2) is 4.98 Å². The summed E-state index contributed by atoms with van der Waals surface area (Å²) in [6.45, 7) is 6.78. The van der Waals surface area contributed by atoms with Crippen molar-refractivity contribution < 1.29 is 4.79 Å². The molecule has 1 aromatic carbocycles. The molecule has 1 saturated heterocycles. The van der Waals surface area contributed by atoms with Gasteiger partial charge in [-0.15, -0.1) is 11.3 Å². The van der Waals surface area contributed by atoms with Crippen LogP contribution in [0.5, 0.6) is 0 Å². The van der Waals surface area contributed by atoms with Crippen molar-refractivity contribution in [3.05, 3.63) is 47.5 Å². The van der Waals surface area contributed by atoms with Gasteiger partial charge in [0, 0.05) is 50.7 Å². The van der Waals surface area contributed by atoms with Crippen LogP contribution < -0.4 is 10.2 Å². The van der Waals surface area contributed by atoms with Crippen LogP contribution in [0.1, 0.15) is 24.9 Å². The highest BCUT2D eigenvalue weighted by Crippen LogP contribution is 2.19. The zero-order valence-electron chi connectivity index (χ0n) is 14.0. The largest absolute Gasteiger partial charge is 0.350 e. The smallest absolute Gasteiger partial charge is 0.221 e. The quantitative estimate of drug-likeness (QED) is 0.875. The lowest BCUT2D eigenvalue weighted by Gasteiger charge is -2.34. The number of hydrogen-bond acceptors (Lipinski definition) is 5. The number of carbonyl (C=O) groups excluding carboxylic acids is 1. The highest BCUT2D eigenvalue weighted by atomic mass is 32.1. The molecule has 6 heteroatoms. The molecule has 24 heavy (non-hydrogen) atoms. The third-order valence-corrected chi connectivity index (χ3v) is 5.23. The lowest BCUT2D eigenvalue weighted by atomic mass is 10.1. The van der Waals surface area contributed by atoms with Crippen LogP contribution in [-0.2, 0) is 4.79 Å². The Morgan fingerprint density at radius 3 is 2.67 bits per heavy atom. The van der Waals surface area contributed by atoms with E-state index in [1.165, 1.54) is 0 Å². The first-order valence-corrected chi connectivity index (χ1v) is 9.31. The molecule has 1 fully saturated rings. The third-order valence-electron chi connectivity index (χ3n) is 4.39. The van der Waals surface area contributed by atoms with Crippen LogP contribution in [0.4, 0.5) is 5.13 Å². The summed E-state index contributed by atoms with van der Waals surface area (Å²) in [7, 11) is 0. The van der Waals surface area contributed by atoms with Crippen LogP contribution in [-0.4, -0.2) is 48.5 Å². The maximum absolute atomic E-state index is 12.2. The normalized spacial score (nSPS) is 16.8. The molecule has 2 heterocycles. The number of benzene rings is 1. The Bertz CT molecular complexity index is 624. The maximum atomic E-state index is 12.2. The number of hydrogen-bond donors (Lipinski definition) is 1. The number of amides is 1. The van der Waals surface area contributed by atoms with Gasteiger partial charge in [-0.3, -0.25) is 9.69 Å². The predicted octanol–water partition coefficient (Wildman–Crippen LogP) is 2.53. The second-order valence-corrected chi connectivity index (χ2v) is 6.97. The van der Waals surface area contributed by atoms with Crippen molar-refractivity contribution in [1.82, 2.24) is 15.2 Å². The van der Waals surface area contributed by atoms with E-state index in [1.54, 1.807) is 11.3 Å². The summed E-state index contributed by atoms with van der Waals surface area (Å²) in [4.78, 5) is 21.2. The monoisotopic (exact) mass is 344 g/mol. The molecule has 0 radical (unpaired) electrons. The van der Waals surface area contributed by atoms with Crippen molar-refractivity contribution in [2.24, 2.45) is 0 Å². The van der Waals surface area contributed by atoms with E-state index in [0.29, 0.717) is 6.42 Å². The molecule has 0 spiro atoms. The number of piperazine rings is 1. The molecular weight excluding hydrogens is 320 g/mol. The summed E-state index contributed by atoms with van der Waals surface area (Å²) in [6.07, 6.45) is 2.40. The molecule has 2 aromatic rings. The van der Waals surface area contributed by atoms with E-state index in [4.69, 9.17) is 0 Å². The Hall–Kier alpha value is -1.92. The predicted molar refractivity (Wildman–Crippen MR) is 98.4 cm³/mol. The molecule has 1 atom stereocenters. The van der Waals surface area contributed by atoms with Crippen molar-refractivity contribution in [3.63, 3.8) is 0 Å². The fraction of sp³-hybridized carbons (Fsp3) is 0.444. The zero-order valence-corrected chi connectivity index (χ0v) is 14.8. The van der Waals surface area contributed by atoms with Gasteiger partial charge in [0.15, 0.2) is 5.13 Å². The van der Waals surface area contributed by atoms with Gasteiger partial charge in [0.25, 0.3) is 0 Å². The van der Waals surface area contributed by atoms with Crippen molar-refractivity contribution in [2.45, 2.75) is 19.4 Å². The number of nitrogens with zero attached hydrogens (tertiary/aromatic N) is 3. The minimum Gasteiger partial charge on any atom is -0.350 e. The summed E-state index contributed by atoms with van der Waals surface area (Å²) in [6, 6.07) is 10.1. The molecule has 5 nitrogen and oxygen atoms in total. The SMILES string of the molecule is CC(NC(=O)CCN1CCN(c2nccs2)CC1)c1ccccc1. The van der Waals surface area contributed by atoms with Crippen molar-refractivity contribution in [3.8, 4) is 0 Å². The van der Waals surface area contributed by atoms with Crippen LogP contribution in [0, 0.1) is 0 Å². The lowest BCUT2D eigenvalue weighted by molar-refractivity contribution is -0.122. The third kappa shape index (κ3) is 4.55. The van der Waals surface area contributed by atoms with Gasteiger partial charge < -0.3 is 10.2 Å². The first-order chi connectivity index (χ1) is 11.7. The van der Waals surface area contributed by atoms with Gasteiger partial charge in [-0.05, 0) is 12.5 Å². The summed E-state index contributed by atoms with van der Waals surface area (Å²) in [5.41, 5.74) is 1.14. The topological polar surface area (TPSA) is 48.5 Å². The Kier molecular flexibility index (Phi) is 5.82. The van der Waals surface area contributed by atoms with E-state index < -0.39 is 0 Å². The Balaban J connectivity index is 1.38. The number of rotatable bonds is 6. The summed E-state index contributed by atoms with van der Waals surface area (Å²) in [5, 5.41) is 6.20. The van der Waals surface area contributed by atoms with Crippen LogP contribution in [0.2, 0.25) is 0 Å². The fourth-order valence-corrected chi connectivity index (χ4v) is 3.63. The first-order valence-electron chi connectivity index (χ1n) is 8.43. The molecule has 1 unspecified atom stereocenters. The molecule has 0 bridgehead atoms. The van der Waals surface area contributed by atoms with Crippen molar-refractivity contribution in [1.29, 1.82) is 0 Å². The second kappa shape index (κ2) is 8.26. The van der Waals surface area contributed by atoms with Crippen LogP contribution >= 0.6 is 11.3 Å². The number of carbonyl (C=O) groups is 1. The average Bonchev–Trinajstić information content (AvgIpc) is 3.16. The molecule has 128 valence electrons. The van der Waals surface area contributed by atoms with Gasteiger partial charge in [0.1, 0.15) is 0 Å². The Morgan fingerprint density at radius 1 is 1.25 bits per heavy atom. The Labute approximate surface area is 147 Å². The molecule has 1 aliphatic rings. The van der Waals surface area contributed by atoms with Crippen LogP contribution in [0.3, 0.4) is 0 Å². The molecule has 1 aliphatic heterocycles. The summed E-state index contributed by atoms with van der Waals surface area (Å²) in [5.74, 6) is 0.119. The van der Waals surface area contributed by atoms with Crippen molar-refractivity contribution in [2.75, 3.05) is 37.6 Å². The molecule has 0 aliphatic carbocycles. The molecule has 1 N–H and O–H groups in total. The van der Waals surface area contributed by atoms with Gasteiger partial charge >= 0.3 is 0 Å². The number of aromatic nitrogens is 1. The maximum Gasteiger partial charge on any atom is 0.221 e. The van der Waals surface area contributed by atoms with E-state index >= 15 is 0 Å². The first kappa shape index (κ1) is 16.9. The molecule has 3 rings (SSSR count). The molecular formula is C18H24N4OS. The number of nitrogens with one attached hydrogen (secondary N) is 1. The van der Waals surface area contributed by atoms with E-state index in [2.05, 4.69) is 20.1 Å². The molecule has 1 amide bonds. The Morgan fingerprint density at radius 2 is 2.00 bits per heavy atom. The molecule has 1 aromatic heterocycles. The fourth-order valence-electron chi connectivity index (χ4n) is 2.93. The lowest BCUT2D eigenvalue weighted by Crippen LogP contribution is -2.47. The number of thiazole rings is 1. The second-order valence-electron chi connectivity index (χ2n) is 6.09. The van der Waals surface area contributed by atoms with Crippen molar-refractivity contribution >= 4 is 22.4 Å². The summed E-state index contributed by atoms with van der Waals surface area (Å²) < 4.78 is 0. The minimum atomic E-state index is 0.0560. The van der Waals surface area contributed by atoms with E-state index in [9.17, 15) is 4.79 Å². The van der Waals surface area contributed by atoms with E-state index in [-0.39, 0.29) is 11.9 Å². The van der Waals surface area contributed by atoms with E-state index in [1.807, 2.05) is 48.8 Å². The van der Waals surface area contributed by atoms with E-state index in [0.717, 1.165) is 43.4 Å². The van der Waals surface area contributed by atoms with Gasteiger partial charge in [0.05, 0.1) is 6.04 Å². The zero-order chi connectivity index (χ0) is 16.8. The molecule has 0 saturated carbocycles. The average molecular weight is 344 g/mol. The van der Waals surface area contributed by atoms with Crippen LogP contribution in [0.25, 0.3) is 0 Å². The van der Waals surface area contributed by atoms with Gasteiger partial charge in [-0.1, -0.05) is 30.3 Å². The standard InChI is InChI=1S/C18H24N4OS/c1-15(16-5-3-2-4-6-16)20-17(23)7-9-21-10-12-22(13-11-21)18-19-8-14-24-18/h2-6,8,14-15H,7,9-13H2,1H3,(H,20,23). The summed E-state index contributed by atoms with van der Waals surface area (Å²) >= 11 is 1.69.